The number of aldehydes is 1. The van der Waals surface area contributed by atoms with Crippen LogP contribution in [0.1, 0.15) is 57.9 Å². The second kappa shape index (κ2) is 12.8. The van der Waals surface area contributed by atoms with E-state index in [4.69, 9.17) is 9.47 Å². The highest BCUT2D eigenvalue weighted by Crippen LogP contribution is 2.16. The van der Waals surface area contributed by atoms with Gasteiger partial charge < -0.3 is 14.3 Å². The van der Waals surface area contributed by atoms with Gasteiger partial charge in [0.05, 0.1) is 13.7 Å². The van der Waals surface area contributed by atoms with Gasteiger partial charge in [0.25, 0.3) is 0 Å². The Hall–Kier alpha value is -1.61. The second-order valence-electron chi connectivity index (χ2n) is 6.29. The standard InChI is InChI=1S/C21H32O3/c1-4-19(9-6-15-22)8-5-7-18(2)14-16-24-17-20-10-12-21(23-3)13-11-20/h8,10-13,15,18H,4-7,9,14,16-17H2,1-3H3/b19-8+/t18-/m0/s1. The molecule has 0 aliphatic carbocycles. The Labute approximate surface area is 147 Å². The lowest BCUT2D eigenvalue weighted by Gasteiger charge is -2.11. The van der Waals surface area contributed by atoms with E-state index in [1.807, 2.05) is 24.3 Å². The molecule has 0 saturated carbocycles. The van der Waals surface area contributed by atoms with E-state index in [2.05, 4.69) is 19.9 Å². The zero-order valence-electron chi connectivity index (χ0n) is 15.4. The summed E-state index contributed by atoms with van der Waals surface area (Å²) in [5.41, 5.74) is 2.58. The molecule has 24 heavy (non-hydrogen) atoms. The average Bonchev–Trinajstić information content (AvgIpc) is 2.62. The summed E-state index contributed by atoms with van der Waals surface area (Å²) in [5, 5.41) is 0. The molecule has 0 heterocycles. The molecule has 1 rings (SSSR count). The highest BCUT2D eigenvalue weighted by molar-refractivity contribution is 5.49. The van der Waals surface area contributed by atoms with Crippen LogP contribution in [0.3, 0.4) is 0 Å². The molecule has 134 valence electrons. The molecule has 1 aromatic rings. The summed E-state index contributed by atoms with van der Waals surface area (Å²) >= 11 is 0. The molecule has 0 fully saturated rings. The highest BCUT2D eigenvalue weighted by Gasteiger charge is 2.03. The van der Waals surface area contributed by atoms with Gasteiger partial charge in [-0.15, -0.1) is 0 Å². The minimum Gasteiger partial charge on any atom is -0.497 e. The topological polar surface area (TPSA) is 35.5 Å². The van der Waals surface area contributed by atoms with Crippen LogP contribution in [-0.4, -0.2) is 20.0 Å². The number of methoxy groups -OCH3 is 1. The normalized spacial score (nSPS) is 12.9. The van der Waals surface area contributed by atoms with Crippen molar-refractivity contribution in [2.24, 2.45) is 5.92 Å². The molecule has 0 unspecified atom stereocenters. The monoisotopic (exact) mass is 332 g/mol. The average molecular weight is 332 g/mol. The number of hydrogen-bond acceptors (Lipinski definition) is 3. The molecule has 0 spiro atoms. The Kier molecular flexibility index (Phi) is 10.9. The molecule has 1 aromatic carbocycles. The maximum Gasteiger partial charge on any atom is 0.120 e. The van der Waals surface area contributed by atoms with Gasteiger partial charge >= 0.3 is 0 Å². The van der Waals surface area contributed by atoms with Crippen molar-refractivity contribution < 1.29 is 14.3 Å². The van der Waals surface area contributed by atoms with Crippen LogP contribution in [0.4, 0.5) is 0 Å². The molecule has 0 saturated heterocycles. The van der Waals surface area contributed by atoms with Crippen LogP contribution >= 0.6 is 0 Å². The van der Waals surface area contributed by atoms with Crippen molar-refractivity contribution in [1.29, 1.82) is 0 Å². The Balaban J connectivity index is 2.15. The second-order valence-corrected chi connectivity index (χ2v) is 6.29. The fourth-order valence-corrected chi connectivity index (χ4v) is 2.58. The van der Waals surface area contributed by atoms with Gasteiger partial charge in [-0.3, -0.25) is 0 Å². The molecule has 0 aliphatic rings. The smallest absolute Gasteiger partial charge is 0.120 e. The van der Waals surface area contributed by atoms with E-state index in [1.165, 1.54) is 17.6 Å². The summed E-state index contributed by atoms with van der Waals surface area (Å²) in [4.78, 5) is 10.4. The van der Waals surface area contributed by atoms with E-state index in [0.717, 1.165) is 44.3 Å². The SMILES string of the molecule is CC/C(=C\CC[C@H](C)CCOCc1ccc(OC)cc1)CCC=O. The third-order valence-corrected chi connectivity index (χ3v) is 4.31. The summed E-state index contributed by atoms with van der Waals surface area (Å²) in [6, 6.07) is 8.00. The van der Waals surface area contributed by atoms with Gasteiger partial charge in [-0.1, -0.05) is 37.6 Å². The van der Waals surface area contributed by atoms with Crippen molar-refractivity contribution in [3.8, 4) is 5.75 Å². The molecule has 3 heteroatoms. The first-order valence-corrected chi connectivity index (χ1v) is 9.01. The number of rotatable bonds is 13. The first kappa shape index (κ1) is 20.4. The zero-order valence-corrected chi connectivity index (χ0v) is 15.4. The highest BCUT2D eigenvalue weighted by atomic mass is 16.5. The van der Waals surface area contributed by atoms with Crippen LogP contribution in [0.2, 0.25) is 0 Å². The lowest BCUT2D eigenvalue weighted by molar-refractivity contribution is -0.107. The van der Waals surface area contributed by atoms with Gasteiger partial charge in [-0.2, -0.15) is 0 Å². The van der Waals surface area contributed by atoms with Crippen LogP contribution in [0.25, 0.3) is 0 Å². The van der Waals surface area contributed by atoms with Crippen LogP contribution in [0.5, 0.6) is 5.75 Å². The van der Waals surface area contributed by atoms with E-state index in [0.29, 0.717) is 18.9 Å². The van der Waals surface area contributed by atoms with Gasteiger partial charge in [0, 0.05) is 13.0 Å². The molecule has 0 bridgehead atoms. The fraction of sp³-hybridized carbons (Fsp3) is 0.571. The number of carbonyl (C=O) groups is 1. The molecule has 0 radical (unpaired) electrons. The maximum absolute atomic E-state index is 10.4. The van der Waals surface area contributed by atoms with Crippen LogP contribution in [-0.2, 0) is 16.1 Å². The first-order chi connectivity index (χ1) is 11.7. The van der Waals surface area contributed by atoms with Crippen molar-refractivity contribution in [3.05, 3.63) is 41.5 Å². The third kappa shape index (κ3) is 8.88. The Morgan fingerprint density at radius 3 is 2.54 bits per heavy atom. The quantitative estimate of drug-likeness (QED) is 0.278. The number of allylic oxidation sites excluding steroid dienone is 2. The summed E-state index contributed by atoms with van der Waals surface area (Å²) in [7, 11) is 1.67. The Morgan fingerprint density at radius 1 is 1.17 bits per heavy atom. The molecule has 1 atom stereocenters. The summed E-state index contributed by atoms with van der Waals surface area (Å²) in [6.07, 6.45) is 9.30. The lowest BCUT2D eigenvalue weighted by Crippen LogP contribution is -2.02. The van der Waals surface area contributed by atoms with Crippen LogP contribution in [0.15, 0.2) is 35.9 Å². The molecule has 0 aliphatic heterocycles. The molecular formula is C21H32O3. The van der Waals surface area contributed by atoms with Crippen molar-refractivity contribution >= 4 is 6.29 Å². The van der Waals surface area contributed by atoms with Crippen molar-refractivity contribution in [1.82, 2.24) is 0 Å². The molecule has 3 nitrogen and oxygen atoms in total. The van der Waals surface area contributed by atoms with Crippen molar-refractivity contribution in [2.45, 2.75) is 59.0 Å². The van der Waals surface area contributed by atoms with Gasteiger partial charge in [0.15, 0.2) is 0 Å². The number of benzene rings is 1. The predicted molar refractivity (Wildman–Crippen MR) is 99.3 cm³/mol. The minimum atomic E-state index is 0.647. The van der Waals surface area contributed by atoms with E-state index < -0.39 is 0 Å². The summed E-state index contributed by atoms with van der Waals surface area (Å²) < 4.78 is 10.9. The maximum atomic E-state index is 10.4. The van der Waals surface area contributed by atoms with Crippen LogP contribution < -0.4 is 4.74 Å². The van der Waals surface area contributed by atoms with Gasteiger partial charge in [0.1, 0.15) is 12.0 Å². The number of ether oxygens (including phenoxy) is 2. The number of carbonyl (C=O) groups excluding carboxylic acids is 1. The third-order valence-electron chi connectivity index (χ3n) is 4.31. The van der Waals surface area contributed by atoms with Gasteiger partial charge in [-0.25, -0.2) is 0 Å². The van der Waals surface area contributed by atoms with E-state index in [-0.39, 0.29) is 0 Å². The summed E-state index contributed by atoms with van der Waals surface area (Å²) in [6.45, 7) is 5.89. The molecular weight excluding hydrogens is 300 g/mol. The summed E-state index contributed by atoms with van der Waals surface area (Å²) in [5.74, 6) is 1.53. The van der Waals surface area contributed by atoms with Gasteiger partial charge in [-0.05, 0) is 55.7 Å². The largest absolute Gasteiger partial charge is 0.497 e. The lowest BCUT2D eigenvalue weighted by atomic mass is 9.99. The molecule has 0 amide bonds. The number of hydrogen-bond donors (Lipinski definition) is 0. The fourth-order valence-electron chi connectivity index (χ4n) is 2.58. The Bertz CT molecular complexity index is 476. The van der Waals surface area contributed by atoms with Crippen molar-refractivity contribution in [2.75, 3.05) is 13.7 Å². The Morgan fingerprint density at radius 2 is 1.92 bits per heavy atom. The van der Waals surface area contributed by atoms with E-state index >= 15 is 0 Å². The first-order valence-electron chi connectivity index (χ1n) is 9.01. The molecule has 0 N–H and O–H groups in total. The van der Waals surface area contributed by atoms with E-state index in [9.17, 15) is 4.79 Å². The molecule has 0 aromatic heterocycles. The predicted octanol–water partition coefficient (Wildman–Crippen LogP) is 5.33. The van der Waals surface area contributed by atoms with Crippen molar-refractivity contribution in [3.63, 3.8) is 0 Å². The van der Waals surface area contributed by atoms with Gasteiger partial charge in [0.2, 0.25) is 0 Å². The van der Waals surface area contributed by atoms with Crippen LogP contribution in [0, 0.1) is 5.92 Å². The van der Waals surface area contributed by atoms with E-state index in [1.54, 1.807) is 7.11 Å². The minimum absolute atomic E-state index is 0.647. The zero-order chi connectivity index (χ0) is 17.6.